The number of fused-ring (bicyclic) bond motifs is 2. The summed E-state index contributed by atoms with van der Waals surface area (Å²) in [7, 11) is 1.29. The molecule has 2 N–H and O–H groups in total. The minimum atomic E-state index is -1.30. The van der Waals surface area contributed by atoms with E-state index in [1.807, 2.05) is 0 Å². The van der Waals surface area contributed by atoms with Crippen molar-refractivity contribution in [3.05, 3.63) is 87.4 Å². The largest absolute Gasteiger partial charge is 0.465 e. The highest BCUT2D eigenvalue weighted by Crippen LogP contribution is 2.64. The number of carbonyl (C=O) groups excluding carboxylic acids is 3. The van der Waals surface area contributed by atoms with Crippen LogP contribution in [0.5, 0.6) is 0 Å². The van der Waals surface area contributed by atoms with Gasteiger partial charge in [-0.2, -0.15) is 0 Å². The van der Waals surface area contributed by atoms with Crippen LogP contribution >= 0.6 is 23.2 Å². The Morgan fingerprint density at radius 3 is 2.54 bits per heavy atom. The molecule has 1 aliphatic heterocycles. The lowest BCUT2D eigenvalue weighted by molar-refractivity contribution is -0.123. The van der Waals surface area contributed by atoms with E-state index in [1.54, 1.807) is 48.7 Å². The monoisotopic (exact) mass is 597 g/mol. The van der Waals surface area contributed by atoms with Gasteiger partial charge in [0.25, 0.3) is 0 Å². The molecule has 0 bridgehead atoms. The van der Waals surface area contributed by atoms with E-state index in [9.17, 15) is 14.4 Å². The molecule has 1 spiro atoms. The third-order valence-corrected chi connectivity index (χ3v) is 8.60. The number of carbonyl (C=O) groups is 3. The molecule has 1 fully saturated rings. The van der Waals surface area contributed by atoms with Crippen molar-refractivity contribution < 1.29 is 23.5 Å². The van der Waals surface area contributed by atoms with Gasteiger partial charge in [0.1, 0.15) is 11.0 Å². The van der Waals surface area contributed by atoms with Gasteiger partial charge in [0.15, 0.2) is 0 Å². The second-order valence-electron chi connectivity index (χ2n) is 11.9. The number of anilines is 2. The summed E-state index contributed by atoms with van der Waals surface area (Å²) in [4.78, 5) is 44.4. The molecule has 0 saturated heterocycles. The minimum Gasteiger partial charge on any atom is -0.465 e. The molecule has 2 aliphatic rings. The Labute approximate surface area is 247 Å². The molecule has 1 aromatic heterocycles. The summed E-state index contributed by atoms with van der Waals surface area (Å²) in [6, 6.07) is 12.5. The molecular weight excluding hydrogens is 568 g/mol. The number of nitrogens with one attached hydrogen (secondary N) is 2. The zero-order valence-corrected chi connectivity index (χ0v) is 24.6. The summed E-state index contributed by atoms with van der Waals surface area (Å²) in [5.74, 6) is -3.91. The number of pyridine rings is 1. The normalized spacial score (nSPS) is 23.3. The first-order valence-corrected chi connectivity index (χ1v) is 14.0. The highest BCUT2D eigenvalue weighted by atomic mass is 35.5. The van der Waals surface area contributed by atoms with Gasteiger partial charge in [0.2, 0.25) is 11.8 Å². The smallest absolute Gasteiger partial charge is 0.337 e. The number of benzene rings is 2. The Hall–Kier alpha value is -3.49. The maximum absolute atomic E-state index is 15.9. The van der Waals surface area contributed by atoms with Gasteiger partial charge in [0, 0.05) is 35.0 Å². The highest BCUT2D eigenvalue weighted by Gasteiger charge is 2.66. The number of esters is 1. The zero-order chi connectivity index (χ0) is 29.7. The maximum Gasteiger partial charge on any atom is 0.337 e. The summed E-state index contributed by atoms with van der Waals surface area (Å²) in [6.07, 6.45) is 2.46. The molecule has 1 aliphatic carbocycles. The quantitative estimate of drug-likeness (QED) is 0.244. The first-order valence-electron chi connectivity index (χ1n) is 13.3. The molecular formula is C31H30Cl2FN3O4. The topological polar surface area (TPSA) is 97.4 Å². The molecule has 2 heterocycles. The van der Waals surface area contributed by atoms with Crippen molar-refractivity contribution in [1.82, 2.24) is 4.98 Å². The summed E-state index contributed by atoms with van der Waals surface area (Å²) in [5, 5.41) is 6.00. The van der Waals surface area contributed by atoms with Gasteiger partial charge < -0.3 is 15.4 Å². The van der Waals surface area contributed by atoms with Gasteiger partial charge in [-0.25, -0.2) is 14.2 Å². The Bertz CT molecular complexity index is 1540. The molecule has 1 saturated carbocycles. The van der Waals surface area contributed by atoms with Gasteiger partial charge in [-0.3, -0.25) is 9.59 Å². The van der Waals surface area contributed by atoms with Gasteiger partial charge in [-0.05, 0) is 66.1 Å². The van der Waals surface area contributed by atoms with Crippen LogP contribution in [-0.4, -0.2) is 29.9 Å². The Morgan fingerprint density at radius 2 is 1.88 bits per heavy atom. The zero-order valence-electron chi connectivity index (χ0n) is 23.1. The van der Waals surface area contributed by atoms with Gasteiger partial charge >= 0.3 is 5.97 Å². The van der Waals surface area contributed by atoms with E-state index in [-0.39, 0.29) is 38.9 Å². The predicted molar refractivity (Wildman–Crippen MR) is 156 cm³/mol. The summed E-state index contributed by atoms with van der Waals surface area (Å²) in [6.45, 7) is 6.21. The average Bonchev–Trinajstić information content (AvgIpc) is 3.39. The molecule has 2 aromatic carbocycles. The molecule has 0 radical (unpaired) electrons. The van der Waals surface area contributed by atoms with Crippen LogP contribution in [0, 0.1) is 23.1 Å². The molecule has 4 atom stereocenters. The van der Waals surface area contributed by atoms with Gasteiger partial charge in [-0.1, -0.05) is 56.1 Å². The number of methoxy groups -OCH3 is 1. The number of halogens is 3. The summed E-state index contributed by atoms with van der Waals surface area (Å²) >= 11 is 12.4. The van der Waals surface area contributed by atoms with Crippen molar-refractivity contribution >= 4 is 52.4 Å². The third kappa shape index (κ3) is 5.08. The second kappa shape index (κ2) is 10.7. The molecule has 214 valence electrons. The maximum atomic E-state index is 15.9. The molecule has 5 rings (SSSR count). The number of aromatic nitrogens is 1. The van der Waals surface area contributed by atoms with Crippen molar-refractivity contribution in [3.8, 4) is 0 Å². The lowest BCUT2D eigenvalue weighted by Crippen LogP contribution is -2.45. The third-order valence-electron chi connectivity index (χ3n) is 8.10. The molecule has 3 aromatic rings. The minimum absolute atomic E-state index is 0.0951. The van der Waals surface area contributed by atoms with Crippen LogP contribution in [0.1, 0.15) is 61.0 Å². The molecule has 2 amide bonds. The summed E-state index contributed by atoms with van der Waals surface area (Å²) in [5.41, 5.74) is 0.540. The Morgan fingerprint density at radius 1 is 1.17 bits per heavy atom. The predicted octanol–water partition coefficient (Wildman–Crippen LogP) is 7.00. The average molecular weight is 599 g/mol. The SMILES string of the molecule is COC(=O)c1ccc(NC(=O)[C@@H]2C[C@@H](CC(C)(C)C)[C@@]3(C(=O)Nc4cc(Cl)ncc43)[C@H]2c2cccc(Cl)c2F)cc1. The number of rotatable bonds is 5. The van der Waals surface area contributed by atoms with Crippen molar-refractivity contribution in [2.45, 2.75) is 44.9 Å². The van der Waals surface area contributed by atoms with E-state index < -0.39 is 29.0 Å². The van der Waals surface area contributed by atoms with Crippen LogP contribution in [0.25, 0.3) is 0 Å². The van der Waals surface area contributed by atoms with Crippen LogP contribution < -0.4 is 10.6 Å². The standard InChI is InChI=1S/C31H30Cl2FN3O4/c1-30(2,3)14-17-12-20(27(38)36-18-10-8-16(9-11-18)28(39)41-4)25(19-6-5-7-22(32)26(19)34)31(17)21-15-35-24(33)13-23(21)37-29(31)40/h5-11,13,15,17,20,25H,12,14H2,1-4H3,(H,36,38)(H,37,40)/t17-,20+,25-,31-/m0/s1. The fourth-order valence-corrected chi connectivity index (χ4v) is 6.97. The molecule has 41 heavy (non-hydrogen) atoms. The van der Waals surface area contributed by atoms with Gasteiger partial charge in [0.05, 0.1) is 23.1 Å². The van der Waals surface area contributed by atoms with Crippen molar-refractivity contribution in [1.29, 1.82) is 0 Å². The van der Waals surface area contributed by atoms with Crippen LogP contribution in [0.4, 0.5) is 15.8 Å². The number of nitrogens with zero attached hydrogens (tertiary/aromatic N) is 1. The number of amides is 2. The van der Waals surface area contributed by atoms with Crippen molar-refractivity contribution in [2.24, 2.45) is 17.3 Å². The first kappa shape index (κ1) is 29.0. The van der Waals surface area contributed by atoms with Crippen LogP contribution in [0.2, 0.25) is 10.2 Å². The fourth-order valence-electron chi connectivity index (χ4n) is 6.63. The van der Waals surface area contributed by atoms with Gasteiger partial charge in [-0.15, -0.1) is 0 Å². The summed E-state index contributed by atoms with van der Waals surface area (Å²) < 4.78 is 20.6. The van der Waals surface area contributed by atoms with Crippen LogP contribution in [-0.2, 0) is 19.7 Å². The lowest BCUT2D eigenvalue weighted by atomic mass is 9.62. The number of hydrogen-bond acceptors (Lipinski definition) is 5. The van der Waals surface area contributed by atoms with Crippen LogP contribution in [0.15, 0.2) is 54.7 Å². The van der Waals surface area contributed by atoms with Crippen LogP contribution in [0.3, 0.4) is 0 Å². The Balaban J connectivity index is 1.66. The lowest BCUT2D eigenvalue weighted by Gasteiger charge is -2.38. The molecule has 7 nitrogen and oxygen atoms in total. The highest BCUT2D eigenvalue weighted by molar-refractivity contribution is 6.31. The van der Waals surface area contributed by atoms with E-state index in [0.29, 0.717) is 35.3 Å². The van der Waals surface area contributed by atoms with E-state index >= 15 is 4.39 Å². The first-order chi connectivity index (χ1) is 19.4. The Kier molecular flexibility index (Phi) is 7.59. The number of ether oxygens (including phenoxy) is 1. The second-order valence-corrected chi connectivity index (χ2v) is 12.7. The van der Waals surface area contributed by atoms with E-state index in [4.69, 9.17) is 27.9 Å². The molecule has 10 heteroatoms. The van der Waals surface area contributed by atoms with E-state index in [1.165, 1.54) is 13.2 Å². The van der Waals surface area contributed by atoms with Crippen molar-refractivity contribution in [2.75, 3.05) is 17.7 Å². The fraction of sp³-hybridized carbons (Fsp3) is 0.355. The number of hydrogen-bond donors (Lipinski definition) is 2. The van der Waals surface area contributed by atoms with E-state index in [2.05, 4.69) is 36.4 Å². The van der Waals surface area contributed by atoms with E-state index in [0.717, 1.165) is 0 Å². The molecule has 0 unspecified atom stereocenters. The van der Waals surface area contributed by atoms with Crippen molar-refractivity contribution in [3.63, 3.8) is 0 Å².